The molecule has 0 unspecified atom stereocenters. The second-order valence-corrected chi connectivity index (χ2v) is 5.47. The molecule has 6 heteroatoms. The number of carbonyl (C=O) groups is 1. The largest absolute Gasteiger partial charge is 0.299 e. The van der Waals surface area contributed by atoms with Crippen LogP contribution in [0.15, 0.2) is 76.4 Å². The quantitative estimate of drug-likeness (QED) is 0.829. The van der Waals surface area contributed by atoms with Crippen molar-refractivity contribution in [2.24, 2.45) is 5.10 Å². The fraction of sp³-hybridized carbons (Fsp3) is 0. The maximum absolute atomic E-state index is 12.4. The molecule has 3 rings (SSSR count). The first-order valence-electron chi connectivity index (χ1n) is 6.60. The number of amides is 1. The summed E-state index contributed by atoms with van der Waals surface area (Å²) in [4.78, 5) is 12.4. The molecule has 2 N–H and O–H groups in total. The minimum absolute atomic E-state index is 0.250. The van der Waals surface area contributed by atoms with Crippen LogP contribution in [0.25, 0.3) is 0 Å². The molecule has 2 aromatic rings. The zero-order chi connectivity index (χ0) is 15.5. The number of halogens is 1. The van der Waals surface area contributed by atoms with Gasteiger partial charge in [-0.15, -0.1) is 0 Å². The lowest BCUT2D eigenvalue weighted by molar-refractivity contribution is -0.112. The maximum Gasteiger partial charge on any atom is 0.299 e. The average Bonchev–Trinajstić information content (AvgIpc) is 2.82. The summed E-state index contributed by atoms with van der Waals surface area (Å²) in [7, 11) is 0. The van der Waals surface area contributed by atoms with Gasteiger partial charge in [0.05, 0.1) is 17.1 Å². The van der Waals surface area contributed by atoms with E-state index in [1.807, 2.05) is 54.6 Å². The zero-order valence-corrected chi connectivity index (χ0v) is 13.2. The standard InChI is InChI=1S/C16H13BrN4O/c1-11-15(19-18-14-10-6-5-9-13(14)17)16(22)21(20-11)12-7-3-2-4-8-12/h2-10,18,20H,1H2/b19-15+. The number of hydrogen-bond acceptors (Lipinski definition) is 4. The second kappa shape index (κ2) is 6.03. The van der Waals surface area contributed by atoms with E-state index >= 15 is 0 Å². The first kappa shape index (κ1) is 14.3. The van der Waals surface area contributed by atoms with E-state index in [9.17, 15) is 4.79 Å². The van der Waals surface area contributed by atoms with Gasteiger partial charge in [0.1, 0.15) is 0 Å². The molecule has 0 aromatic heterocycles. The topological polar surface area (TPSA) is 56.7 Å². The van der Waals surface area contributed by atoms with Gasteiger partial charge in [-0.25, -0.2) is 5.01 Å². The monoisotopic (exact) mass is 356 g/mol. The summed E-state index contributed by atoms with van der Waals surface area (Å²) < 4.78 is 0.864. The van der Waals surface area contributed by atoms with Crippen molar-refractivity contribution in [3.63, 3.8) is 0 Å². The zero-order valence-electron chi connectivity index (χ0n) is 11.6. The lowest BCUT2D eigenvalue weighted by Crippen LogP contribution is -2.34. The molecule has 0 atom stereocenters. The van der Waals surface area contributed by atoms with E-state index < -0.39 is 0 Å². The third-order valence-corrected chi connectivity index (χ3v) is 3.81. The molecule has 1 saturated heterocycles. The van der Waals surface area contributed by atoms with Crippen LogP contribution in [-0.2, 0) is 4.79 Å². The van der Waals surface area contributed by atoms with E-state index in [1.54, 1.807) is 0 Å². The summed E-state index contributed by atoms with van der Waals surface area (Å²) in [6.45, 7) is 3.84. The van der Waals surface area contributed by atoms with Crippen molar-refractivity contribution in [2.75, 3.05) is 10.4 Å². The van der Waals surface area contributed by atoms with Crippen molar-refractivity contribution in [1.29, 1.82) is 0 Å². The average molecular weight is 357 g/mol. The molecule has 2 aromatic carbocycles. The SMILES string of the molecule is C=C1NN(c2ccccc2)C(=O)/C1=N/Nc1ccccc1Br. The van der Waals surface area contributed by atoms with E-state index in [0.29, 0.717) is 5.70 Å². The fourth-order valence-electron chi connectivity index (χ4n) is 2.02. The fourth-order valence-corrected chi connectivity index (χ4v) is 2.39. The van der Waals surface area contributed by atoms with Gasteiger partial charge in [-0.1, -0.05) is 36.9 Å². The van der Waals surface area contributed by atoms with Crippen LogP contribution < -0.4 is 15.9 Å². The molecule has 0 saturated carbocycles. The number of hydrazone groups is 1. The predicted molar refractivity (Wildman–Crippen MR) is 91.4 cm³/mol. The van der Waals surface area contributed by atoms with Crippen molar-refractivity contribution in [3.05, 3.63) is 71.3 Å². The molecule has 0 spiro atoms. The first-order valence-corrected chi connectivity index (χ1v) is 7.40. The third-order valence-electron chi connectivity index (χ3n) is 3.11. The van der Waals surface area contributed by atoms with Gasteiger partial charge in [-0.3, -0.25) is 15.6 Å². The summed E-state index contributed by atoms with van der Waals surface area (Å²) in [6, 6.07) is 16.8. The van der Waals surface area contributed by atoms with E-state index in [1.165, 1.54) is 5.01 Å². The number of rotatable bonds is 3. The molecule has 0 aliphatic carbocycles. The van der Waals surface area contributed by atoms with Crippen LogP contribution in [0.4, 0.5) is 11.4 Å². The molecule has 1 aliphatic rings. The molecule has 1 fully saturated rings. The highest BCUT2D eigenvalue weighted by atomic mass is 79.9. The Labute approximate surface area is 136 Å². The Bertz CT molecular complexity index is 758. The highest BCUT2D eigenvalue weighted by Crippen LogP contribution is 2.22. The van der Waals surface area contributed by atoms with Crippen LogP contribution in [0.5, 0.6) is 0 Å². The van der Waals surface area contributed by atoms with Gasteiger partial charge in [0.15, 0.2) is 5.71 Å². The molecule has 1 aliphatic heterocycles. The Kier molecular flexibility index (Phi) is 3.93. The summed E-state index contributed by atoms with van der Waals surface area (Å²) in [6.07, 6.45) is 0. The molecule has 1 amide bonds. The lowest BCUT2D eigenvalue weighted by Gasteiger charge is -2.14. The van der Waals surface area contributed by atoms with Crippen molar-refractivity contribution in [1.82, 2.24) is 5.43 Å². The number of para-hydroxylation sites is 2. The van der Waals surface area contributed by atoms with Crippen molar-refractivity contribution in [3.8, 4) is 0 Å². The summed E-state index contributed by atoms with van der Waals surface area (Å²) in [5.74, 6) is -0.254. The molecule has 22 heavy (non-hydrogen) atoms. The Morgan fingerprint density at radius 3 is 2.50 bits per heavy atom. The Balaban J connectivity index is 1.83. The highest BCUT2D eigenvalue weighted by molar-refractivity contribution is 9.10. The number of nitrogens with zero attached hydrogens (tertiary/aromatic N) is 2. The number of benzene rings is 2. The van der Waals surface area contributed by atoms with Crippen LogP contribution in [0, 0.1) is 0 Å². The van der Waals surface area contributed by atoms with Crippen LogP contribution in [-0.4, -0.2) is 11.6 Å². The lowest BCUT2D eigenvalue weighted by atomic mass is 10.3. The normalized spacial score (nSPS) is 16.0. The summed E-state index contributed by atoms with van der Waals surface area (Å²) in [5.41, 5.74) is 8.02. The Morgan fingerprint density at radius 1 is 1.09 bits per heavy atom. The molecule has 110 valence electrons. The highest BCUT2D eigenvalue weighted by Gasteiger charge is 2.32. The Hall–Kier alpha value is -2.60. The third kappa shape index (κ3) is 2.73. The van der Waals surface area contributed by atoms with Crippen molar-refractivity contribution < 1.29 is 4.79 Å². The minimum atomic E-state index is -0.254. The Morgan fingerprint density at radius 2 is 1.77 bits per heavy atom. The van der Waals surface area contributed by atoms with Gasteiger partial charge in [0.2, 0.25) is 0 Å². The van der Waals surface area contributed by atoms with Gasteiger partial charge >= 0.3 is 0 Å². The second-order valence-electron chi connectivity index (χ2n) is 4.62. The number of carbonyl (C=O) groups excluding carboxylic acids is 1. The maximum atomic E-state index is 12.4. The molecule has 0 radical (unpaired) electrons. The minimum Gasteiger partial charge on any atom is -0.289 e. The number of nitrogens with one attached hydrogen (secondary N) is 2. The molecular weight excluding hydrogens is 344 g/mol. The van der Waals surface area contributed by atoms with E-state index in [0.717, 1.165) is 15.8 Å². The van der Waals surface area contributed by atoms with Crippen molar-refractivity contribution >= 4 is 38.9 Å². The van der Waals surface area contributed by atoms with E-state index in [-0.39, 0.29) is 11.6 Å². The number of anilines is 2. The molecule has 5 nitrogen and oxygen atoms in total. The molecular formula is C16H13BrN4O. The van der Waals surface area contributed by atoms with Gasteiger partial charge in [0, 0.05) is 4.47 Å². The van der Waals surface area contributed by atoms with Gasteiger partial charge in [-0.05, 0) is 40.2 Å². The van der Waals surface area contributed by atoms with Crippen LogP contribution in [0.2, 0.25) is 0 Å². The van der Waals surface area contributed by atoms with Crippen LogP contribution in [0.1, 0.15) is 0 Å². The summed E-state index contributed by atoms with van der Waals surface area (Å²) in [5, 5.41) is 5.59. The van der Waals surface area contributed by atoms with Crippen molar-refractivity contribution in [2.45, 2.75) is 0 Å². The predicted octanol–water partition coefficient (Wildman–Crippen LogP) is 3.28. The number of hydrogen-bond donors (Lipinski definition) is 2. The van der Waals surface area contributed by atoms with Crippen LogP contribution >= 0.6 is 15.9 Å². The van der Waals surface area contributed by atoms with Crippen LogP contribution in [0.3, 0.4) is 0 Å². The molecule has 1 heterocycles. The van der Waals surface area contributed by atoms with Gasteiger partial charge < -0.3 is 0 Å². The van der Waals surface area contributed by atoms with Gasteiger partial charge in [-0.2, -0.15) is 5.10 Å². The molecule has 0 bridgehead atoms. The summed E-state index contributed by atoms with van der Waals surface area (Å²) >= 11 is 3.42. The van der Waals surface area contributed by atoms with E-state index in [4.69, 9.17) is 0 Å². The number of hydrazine groups is 1. The first-order chi connectivity index (χ1) is 10.7. The van der Waals surface area contributed by atoms with E-state index in [2.05, 4.69) is 38.5 Å². The smallest absolute Gasteiger partial charge is 0.289 e. The van der Waals surface area contributed by atoms with Gasteiger partial charge in [0.25, 0.3) is 5.91 Å².